The molecule has 188 valence electrons. The molecule has 0 bridgehead atoms. The SMILES string of the molecule is CCOc1ccc(NC(=O)N(CCc2ccccc2)Cc2ccc3c(c2)c2ccccc2n3CC)cc1. The van der Waals surface area contributed by atoms with Gasteiger partial charge in [0.15, 0.2) is 0 Å². The molecule has 0 unspecified atom stereocenters. The molecule has 5 nitrogen and oxygen atoms in total. The molecule has 0 spiro atoms. The standard InChI is InChI=1S/C32H33N3O2/c1-3-35-30-13-9-8-12-28(30)29-22-25(14-19-31(29)35)23-34(21-20-24-10-6-5-7-11-24)32(36)33-26-15-17-27(18-16-26)37-4-2/h5-19,22H,3-4,20-21,23H2,1-2H3,(H,33,36). The van der Waals surface area contributed by atoms with E-state index in [9.17, 15) is 4.79 Å². The van der Waals surface area contributed by atoms with Crippen molar-refractivity contribution in [1.82, 2.24) is 9.47 Å². The lowest BCUT2D eigenvalue weighted by Crippen LogP contribution is -2.36. The maximum atomic E-state index is 13.5. The first-order chi connectivity index (χ1) is 18.2. The van der Waals surface area contributed by atoms with Crippen LogP contribution in [-0.2, 0) is 19.5 Å². The van der Waals surface area contributed by atoms with E-state index in [1.807, 2.05) is 54.3 Å². The number of carbonyl (C=O) groups excluding carboxylic acids is 1. The third-order valence-corrected chi connectivity index (χ3v) is 6.74. The van der Waals surface area contributed by atoms with E-state index >= 15 is 0 Å². The lowest BCUT2D eigenvalue weighted by molar-refractivity contribution is 0.210. The maximum absolute atomic E-state index is 13.5. The van der Waals surface area contributed by atoms with Crippen LogP contribution >= 0.6 is 0 Å². The molecule has 5 rings (SSSR count). The predicted molar refractivity (Wildman–Crippen MR) is 152 cm³/mol. The number of fused-ring (bicyclic) bond motifs is 3. The molecule has 4 aromatic carbocycles. The summed E-state index contributed by atoms with van der Waals surface area (Å²) in [6.45, 7) is 6.80. The van der Waals surface area contributed by atoms with Gasteiger partial charge in [0.05, 0.1) is 6.61 Å². The van der Waals surface area contributed by atoms with Crippen LogP contribution in [0, 0.1) is 0 Å². The summed E-state index contributed by atoms with van der Waals surface area (Å²) in [6.07, 6.45) is 0.787. The summed E-state index contributed by atoms with van der Waals surface area (Å²) >= 11 is 0. The zero-order valence-corrected chi connectivity index (χ0v) is 21.5. The molecular weight excluding hydrogens is 458 g/mol. The zero-order chi connectivity index (χ0) is 25.6. The first-order valence-electron chi connectivity index (χ1n) is 13.0. The average molecular weight is 492 g/mol. The van der Waals surface area contributed by atoms with E-state index in [0.717, 1.165) is 30.0 Å². The Kier molecular flexibility index (Phi) is 7.41. The smallest absolute Gasteiger partial charge is 0.322 e. The highest BCUT2D eigenvalue weighted by molar-refractivity contribution is 6.08. The largest absolute Gasteiger partial charge is 0.494 e. The number of aryl methyl sites for hydroxylation is 1. The minimum absolute atomic E-state index is 0.115. The molecule has 2 amide bonds. The van der Waals surface area contributed by atoms with Gasteiger partial charge in [-0.25, -0.2) is 4.79 Å². The van der Waals surface area contributed by atoms with Gasteiger partial charge in [0.25, 0.3) is 0 Å². The zero-order valence-electron chi connectivity index (χ0n) is 21.5. The molecule has 0 atom stereocenters. The Balaban J connectivity index is 1.41. The number of anilines is 1. The highest BCUT2D eigenvalue weighted by Gasteiger charge is 2.16. The molecule has 5 heteroatoms. The van der Waals surface area contributed by atoms with Crippen molar-refractivity contribution in [2.24, 2.45) is 0 Å². The number of nitrogens with one attached hydrogen (secondary N) is 1. The van der Waals surface area contributed by atoms with Gasteiger partial charge in [0.1, 0.15) is 5.75 Å². The Labute approximate surface area is 218 Å². The molecule has 1 aromatic heterocycles. The van der Waals surface area contributed by atoms with Crippen LogP contribution in [-0.4, -0.2) is 28.6 Å². The van der Waals surface area contributed by atoms with Crippen molar-refractivity contribution >= 4 is 33.5 Å². The van der Waals surface area contributed by atoms with E-state index in [1.165, 1.54) is 27.4 Å². The fourth-order valence-corrected chi connectivity index (χ4v) is 4.93. The Morgan fingerprint density at radius 1 is 0.811 bits per heavy atom. The summed E-state index contributed by atoms with van der Waals surface area (Å²) in [5.41, 5.74) is 5.54. The van der Waals surface area contributed by atoms with Crippen LogP contribution < -0.4 is 10.1 Å². The monoisotopic (exact) mass is 491 g/mol. The van der Waals surface area contributed by atoms with Crippen molar-refractivity contribution in [2.45, 2.75) is 33.4 Å². The van der Waals surface area contributed by atoms with Gasteiger partial charge >= 0.3 is 6.03 Å². The van der Waals surface area contributed by atoms with Crippen LogP contribution in [0.3, 0.4) is 0 Å². The van der Waals surface area contributed by atoms with Crippen LogP contribution in [0.5, 0.6) is 5.75 Å². The van der Waals surface area contributed by atoms with Gasteiger partial charge in [-0.2, -0.15) is 0 Å². The number of urea groups is 1. The molecule has 37 heavy (non-hydrogen) atoms. The molecule has 0 aliphatic rings. The molecule has 0 aliphatic heterocycles. The maximum Gasteiger partial charge on any atom is 0.322 e. The number of hydrogen-bond acceptors (Lipinski definition) is 2. The lowest BCUT2D eigenvalue weighted by atomic mass is 10.1. The number of para-hydroxylation sites is 1. The van der Waals surface area contributed by atoms with Gasteiger partial charge in [-0.3, -0.25) is 0 Å². The first kappa shape index (κ1) is 24.4. The summed E-state index contributed by atoms with van der Waals surface area (Å²) in [4.78, 5) is 15.3. The van der Waals surface area contributed by atoms with Gasteiger partial charge in [0.2, 0.25) is 0 Å². The predicted octanol–water partition coefficient (Wildman–Crippen LogP) is 7.49. The fourth-order valence-electron chi connectivity index (χ4n) is 4.93. The van der Waals surface area contributed by atoms with Crippen molar-refractivity contribution in [2.75, 3.05) is 18.5 Å². The average Bonchev–Trinajstić information content (AvgIpc) is 3.25. The Morgan fingerprint density at radius 2 is 1.54 bits per heavy atom. The van der Waals surface area contributed by atoms with E-state index < -0.39 is 0 Å². The second-order valence-electron chi connectivity index (χ2n) is 9.16. The molecule has 0 fully saturated rings. The third-order valence-electron chi connectivity index (χ3n) is 6.74. The van der Waals surface area contributed by atoms with Crippen molar-refractivity contribution in [3.63, 3.8) is 0 Å². The van der Waals surface area contributed by atoms with Gasteiger partial charge in [-0.1, -0.05) is 54.6 Å². The number of hydrogen-bond donors (Lipinski definition) is 1. The lowest BCUT2D eigenvalue weighted by Gasteiger charge is -2.24. The van der Waals surface area contributed by atoms with Gasteiger partial charge in [0, 0.05) is 47.1 Å². The van der Waals surface area contributed by atoms with Crippen LogP contribution in [0.15, 0.2) is 97.1 Å². The topological polar surface area (TPSA) is 46.5 Å². The van der Waals surface area contributed by atoms with Gasteiger partial charge < -0.3 is 19.5 Å². The van der Waals surface area contributed by atoms with E-state index in [0.29, 0.717) is 19.7 Å². The Morgan fingerprint density at radius 3 is 2.30 bits per heavy atom. The second-order valence-corrected chi connectivity index (χ2v) is 9.16. The summed E-state index contributed by atoms with van der Waals surface area (Å²) in [5.74, 6) is 0.793. The number of aromatic nitrogens is 1. The highest BCUT2D eigenvalue weighted by atomic mass is 16.5. The van der Waals surface area contributed by atoms with Crippen LogP contribution in [0.2, 0.25) is 0 Å². The van der Waals surface area contributed by atoms with Crippen LogP contribution in [0.1, 0.15) is 25.0 Å². The normalized spacial score (nSPS) is 11.1. The van der Waals surface area contributed by atoms with E-state index in [1.54, 1.807) is 0 Å². The van der Waals surface area contributed by atoms with E-state index in [4.69, 9.17) is 4.74 Å². The highest BCUT2D eigenvalue weighted by Crippen LogP contribution is 2.30. The summed E-state index contributed by atoms with van der Waals surface area (Å²) < 4.78 is 7.88. The number of ether oxygens (including phenoxy) is 1. The number of amides is 2. The molecule has 1 N–H and O–H groups in total. The molecule has 1 heterocycles. The number of benzene rings is 4. The molecule has 0 aliphatic carbocycles. The van der Waals surface area contributed by atoms with E-state index in [-0.39, 0.29) is 6.03 Å². The Bertz CT molecular complexity index is 1490. The number of carbonyl (C=O) groups is 1. The van der Waals surface area contributed by atoms with Crippen molar-refractivity contribution < 1.29 is 9.53 Å². The summed E-state index contributed by atoms with van der Waals surface area (Å²) in [5, 5.41) is 5.55. The van der Waals surface area contributed by atoms with Crippen molar-refractivity contribution in [1.29, 1.82) is 0 Å². The molecule has 0 radical (unpaired) electrons. The fraction of sp³-hybridized carbons (Fsp3) is 0.219. The number of nitrogens with zero attached hydrogens (tertiary/aromatic N) is 2. The minimum Gasteiger partial charge on any atom is -0.494 e. The molecular formula is C32H33N3O2. The van der Waals surface area contributed by atoms with Crippen molar-refractivity contribution in [3.8, 4) is 5.75 Å². The van der Waals surface area contributed by atoms with Gasteiger partial charge in [-0.05, 0) is 73.9 Å². The Hall–Kier alpha value is -4.25. The van der Waals surface area contributed by atoms with Crippen LogP contribution in [0.4, 0.5) is 10.5 Å². The molecule has 0 saturated carbocycles. The quantitative estimate of drug-likeness (QED) is 0.232. The van der Waals surface area contributed by atoms with Crippen molar-refractivity contribution in [3.05, 3.63) is 108 Å². The first-order valence-corrected chi connectivity index (χ1v) is 13.0. The third kappa shape index (κ3) is 5.46. The molecule has 5 aromatic rings. The number of rotatable bonds is 9. The van der Waals surface area contributed by atoms with Gasteiger partial charge in [-0.15, -0.1) is 0 Å². The summed E-state index contributed by atoms with van der Waals surface area (Å²) in [7, 11) is 0. The summed E-state index contributed by atoms with van der Waals surface area (Å²) in [6, 6.07) is 32.8. The molecule has 0 saturated heterocycles. The van der Waals surface area contributed by atoms with Crippen LogP contribution in [0.25, 0.3) is 21.8 Å². The second kappa shape index (κ2) is 11.2. The van der Waals surface area contributed by atoms with E-state index in [2.05, 4.69) is 71.4 Å². The minimum atomic E-state index is -0.115.